The third-order valence-corrected chi connectivity index (χ3v) is 5.03. The van der Waals surface area contributed by atoms with Crippen LogP contribution in [0, 0.1) is 5.82 Å². The SMILES string of the molecule is CCNC(c1cc(OC)c(OC)cc1F)C(C)S(C)(=O)=O. The van der Waals surface area contributed by atoms with Crippen LogP contribution in [0.5, 0.6) is 11.5 Å². The normalized spacial score (nSPS) is 14.6. The zero-order valence-electron chi connectivity index (χ0n) is 12.9. The van der Waals surface area contributed by atoms with E-state index in [1.807, 2.05) is 6.92 Å². The lowest BCUT2D eigenvalue weighted by Crippen LogP contribution is -2.35. The van der Waals surface area contributed by atoms with Gasteiger partial charge >= 0.3 is 0 Å². The second-order valence-electron chi connectivity index (χ2n) is 4.80. The van der Waals surface area contributed by atoms with Crippen molar-refractivity contribution in [2.24, 2.45) is 0 Å². The smallest absolute Gasteiger partial charge is 0.163 e. The summed E-state index contributed by atoms with van der Waals surface area (Å²) in [5.41, 5.74) is 0.243. The van der Waals surface area contributed by atoms with Crippen LogP contribution in [0.25, 0.3) is 0 Å². The fourth-order valence-corrected chi connectivity index (χ4v) is 2.84. The molecule has 7 heteroatoms. The van der Waals surface area contributed by atoms with Gasteiger partial charge in [-0.3, -0.25) is 0 Å². The highest BCUT2D eigenvalue weighted by Gasteiger charge is 2.29. The molecule has 1 aromatic carbocycles. The van der Waals surface area contributed by atoms with Crippen LogP contribution in [0.3, 0.4) is 0 Å². The Bertz CT molecular complexity index is 589. The Labute approximate surface area is 125 Å². The van der Waals surface area contributed by atoms with Crippen LogP contribution in [0.15, 0.2) is 12.1 Å². The highest BCUT2D eigenvalue weighted by molar-refractivity contribution is 7.91. The molecule has 0 fully saturated rings. The molecule has 0 aromatic heterocycles. The lowest BCUT2D eigenvalue weighted by Gasteiger charge is -2.25. The Morgan fingerprint density at radius 3 is 2.19 bits per heavy atom. The van der Waals surface area contributed by atoms with Gasteiger partial charge in [0.15, 0.2) is 21.3 Å². The minimum atomic E-state index is -3.33. The molecule has 2 unspecified atom stereocenters. The van der Waals surface area contributed by atoms with Crippen molar-refractivity contribution in [1.82, 2.24) is 5.32 Å². The molecule has 1 rings (SSSR count). The fourth-order valence-electron chi connectivity index (χ4n) is 2.10. The van der Waals surface area contributed by atoms with E-state index in [4.69, 9.17) is 9.47 Å². The summed E-state index contributed by atoms with van der Waals surface area (Å²) in [7, 11) is -0.465. The molecule has 0 spiro atoms. The molecule has 0 radical (unpaired) electrons. The summed E-state index contributed by atoms with van der Waals surface area (Å²) in [5, 5.41) is 2.25. The van der Waals surface area contributed by atoms with Crippen LogP contribution >= 0.6 is 0 Å². The van der Waals surface area contributed by atoms with Crippen molar-refractivity contribution >= 4 is 9.84 Å². The maximum absolute atomic E-state index is 14.3. The highest BCUT2D eigenvalue weighted by atomic mass is 32.2. The van der Waals surface area contributed by atoms with Crippen molar-refractivity contribution in [2.45, 2.75) is 25.1 Å². The molecule has 0 heterocycles. The number of rotatable bonds is 7. The van der Waals surface area contributed by atoms with Gasteiger partial charge in [0.2, 0.25) is 0 Å². The first-order valence-corrected chi connectivity index (χ1v) is 8.55. The molecule has 0 aliphatic carbocycles. The maximum atomic E-state index is 14.3. The molecule has 2 atom stereocenters. The molecule has 120 valence electrons. The number of ether oxygens (including phenoxy) is 2. The van der Waals surface area contributed by atoms with E-state index in [9.17, 15) is 12.8 Å². The standard InChI is InChI=1S/C14H22FNO4S/c1-6-16-14(9(2)21(5,17)18)10-7-12(19-3)13(20-4)8-11(10)15/h7-9,14,16H,6H2,1-5H3. The first kappa shape index (κ1) is 17.7. The van der Waals surface area contributed by atoms with Gasteiger partial charge in [0.25, 0.3) is 0 Å². The van der Waals surface area contributed by atoms with E-state index in [-0.39, 0.29) is 11.3 Å². The summed E-state index contributed by atoms with van der Waals surface area (Å²) in [6.45, 7) is 3.90. The summed E-state index contributed by atoms with van der Waals surface area (Å²) >= 11 is 0. The number of halogens is 1. The van der Waals surface area contributed by atoms with Gasteiger partial charge in [-0.1, -0.05) is 6.92 Å². The van der Waals surface area contributed by atoms with E-state index in [2.05, 4.69) is 5.32 Å². The lowest BCUT2D eigenvalue weighted by atomic mass is 10.0. The first-order valence-electron chi connectivity index (χ1n) is 6.59. The van der Waals surface area contributed by atoms with Crippen molar-refractivity contribution in [3.8, 4) is 11.5 Å². The summed E-state index contributed by atoms with van der Waals surface area (Å²) in [4.78, 5) is 0. The lowest BCUT2D eigenvalue weighted by molar-refractivity contribution is 0.350. The molecular weight excluding hydrogens is 297 g/mol. The maximum Gasteiger partial charge on any atom is 0.163 e. The predicted octanol–water partition coefficient (Wildman–Crippen LogP) is 1.93. The van der Waals surface area contributed by atoms with Gasteiger partial charge in [-0.2, -0.15) is 0 Å². The Hall–Kier alpha value is -1.34. The molecule has 0 saturated carbocycles. The Kier molecular flexibility index (Phi) is 5.98. The van der Waals surface area contributed by atoms with Gasteiger partial charge in [0.05, 0.1) is 25.5 Å². The van der Waals surface area contributed by atoms with Gasteiger partial charge in [0.1, 0.15) is 5.82 Å². The van der Waals surface area contributed by atoms with Gasteiger partial charge in [-0.05, 0) is 19.5 Å². The topological polar surface area (TPSA) is 64.6 Å². The van der Waals surface area contributed by atoms with Crippen LogP contribution in [-0.4, -0.2) is 40.7 Å². The third kappa shape index (κ3) is 4.07. The van der Waals surface area contributed by atoms with E-state index in [1.54, 1.807) is 6.92 Å². The van der Waals surface area contributed by atoms with Gasteiger partial charge < -0.3 is 14.8 Å². The van der Waals surface area contributed by atoms with Crippen LogP contribution in [0.1, 0.15) is 25.5 Å². The number of benzene rings is 1. The summed E-state index contributed by atoms with van der Waals surface area (Å²) in [6.07, 6.45) is 1.14. The minimum absolute atomic E-state index is 0.243. The van der Waals surface area contributed by atoms with E-state index in [0.29, 0.717) is 12.3 Å². The molecule has 0 saturated heterocycles. The monoisotopic (exact) mass is 319 g/mol. The van der Waals surface area contributed by atoms with Crippen molar-refractivity contribution < 1.29 is 22.3 Å². The van der Waals surface area contributed by atoms with Crippen molar-refractivity contribution in [2.75, 3.05) is 27.0 Å². The highest BCUT2D eigenvalue weighted by Crippen LogP contribution is 2.34. The number of methoxy groups -OCH3 is 2. The van der Waals surface area contributed by atoms with Crippen LogP contribution in [0.2, 0.25) is 0 Å². The van der Waals surface area contributed by atoms with Crippen molar-refractivity contribution in [3.05, 3.63) is 23.5 Å². The molecule has 1 N–H and O–H groups in total. The summed E-state index contributed by atoms with van der Waals surface area (Å²) < 4.78 is 48.1. The number of hydrogen-bond acceptors (Lipinski definition) is 5. The molecule has 0 amide bonds. The average molecular weight is 319 g/mol. The Balaban J connectivity index is 3.38. The van der Waals surface area contributed by atoms with Gasteiger partial charge in [-0.15, -0.1) is 0 Å². The average Bonchev–Trinajstić information content (AvgIpc) is 2.43. The summed E-state index contributed by atoms with van der Waals surface area (Å²) in [6, 6.07) is 2.02. The van der Waals surface area contributed by atoms with Crippen LogP contribution in [0.4, 0.5) is 4.39 Å². The quantitative estimate of drug-likeness (QED) is 0.832. The van der Waals surface area contributed by atoms with Gasteiger partial charge in [-0.25, -0.2) is 12.8 Å². The van der Waals surface area contributed by atoms with E-state index >= 15 is 0 Å². The zero-order valence-corrected chi connectivity index (χ0v) is 13.8. The van der Waals surface area contributed by atoms with Crippen molar-refractivity contribution in [3.63, 3.8) is 0 Å². The Morgan fingerprint density at radius 2 is 1.76 bits per heavy atom. The molecule has 0 aliphatic heterocycles. The Morgan fingerprint density at radius 1 is 1.24 bits per heavy atom. The van der Waals surface area contributed by atoms with Crippen LogP contribution < -0.4 is 14.8 Å². The minimum Gasteiger partial charge on any atom is -0.493 e. The third-order valence-electron chi connectivity index (χ3n) is 3.41. The van der Waals surface area contributed by atoms with Gasteiger partial charge in [0, 0.05) is 17.9 Å². The van der Waals surface area contributed by atoms with Crippen LogP contribution in [-0.2, 0) is 9.84 Å². The fraction of sp³-hybridized carbons (Fsp3) is 0.571. The van der Waals surface area contributed by atoms with Crippen molar-refractivity contribution in [1.29, 1.82) is 0 Å². The predicted molar refractivity (Wildman–Crippen MR) is 80.2 cm³/mol. The van der Waals surface area contributed by atoms with E-state index in [0.717, 1.165) is 6.26 Å². The molecule has 0 bridgehead atoms. The molecule has 0 aliphatic rings. The second-order valence-corrected chi connectivity index (χ2v) is 7.20. The molecule has 1 aromatic rings. The summed E-state index contributed by atoms with van der Waals surface area (Å²) in [5.74, 6) is 0.0904. The zero-order chi connectivity index (χ0) is 16.2. The van der Waals surface area contributed by atoms with E-state index in [1.165, 1.54) is 26.4 Å². The molecule has 5 nitrogen and oxygen atoms in total. The largest absolute Gasteiger partial charge is 0.493 e. The number of sulfone groups is 1. The number of hydrogen-bond donors (Lipinski definition) is 1. The second kappa shape index (κ2) is 7.09. The molecular formula is C14H22FNO4S. The number of nitrogens with one attached hydrogen (secondary N) is 1. The molecule has 21 heavy (non-hydrogen) atoms. The van der Waals surface area contributed by atoms with E-state index < -0.39 is 26.9 Å². The first-order chi connectivity index (χ1) is 9.76.